The molecule has 1 aliphatic rings. The number of rotatable bonds is 7. The molecule has 1 aliphatic carbocycles. The van der Waals surface area contributed by atoms with E-state index in [4.69, 9.17) is 4.74 Å². The summed E-state index contributed by atoms with van der Waals surface area (Å²) in [4.78, 5) is 27.5. The molecule has 29 heavy (non-hydrogen) atoms. The van der Waals surface area contributed by atoms with E-state index in [9.17, 15) is 9.59 Å². The van der Waals surface area contributed by atoms with E-state index in [2.05, 4.69) is 17.4 Å². The lowest BCUT2D eigenvalue weighted by atomic mass is 9.80. The van der Waals surface area contributed by atoms with Crippen LogP contribution in [-0.4, -0.2) is 30.4 Å². The quantitative estimate of drug-likeness (QED) is 0.753. The SMILES string of the molecule is CCN(Cc1ccccc1)C(=O)C1CCC(C(=O)Nc2ccc(OC)cc2)CC1. The zero-order valence-electron chi connectivity index (χ0n) is 17.3. The van der Waals surface area contributed by atoms with Crippen molar-refractivity contribution < 1.29 is 14.3 Å². The number of anilines is 1. The predicted molar refractivity (Wildman–Crippen MR) is 115 cm³/mol. The Morgan fingerprint density at radius 1 is 0.966 bits per heavy atom. The van der Waals surface area contributed by atoms with Gasteiger partial charge in [-0.15, -0.1) is 0 Å². The van der Waals surface area contributed by atoms with Crippen molar-refractivity contribution in [3.63, 3.8) is 0 Å². The Bertz CT molecular complexity index is 797. The van der Waals surface area contributed by atoms with E-state index in [0.717, 1.165) is 42.7 Å². The second kappa shape index (κ2) is 10.1. The zero-order valence-corrected chi connectivity index (χ0v) is 17.3. The molecule has 2 aromatic rings. The largest absolute Gasteiger partial charge is 0.497 e. The predicted octanol–water partition coefficient (Wildman–Crippen LogP) is 4.49. The maximum atomic E-state index is 13.0. The van der Waals surface area contributed by atoms with Gasteiger partial charge in [0.1, 0.15) is 5.75 Å². The molecule has 0 heterocycles. The lowest BCUT2D eigenvalue weighted by Crippen LogP contribution is -2.38. The van der Waals surface area contributed by atoms with Crippen molar-refractivity contribution in [1.82, 2.24) is 4.90 Å². The summed E-state index contributed by atoms with van der Waals surface area (Å²) < 4.78 is 5.14. The fourth-order valence-electron chi connectivity index (χ4n) is 3.93. The highest BCUT2D eigenvalue weighted by Crippen LogP contribution is 2.31. The Morgan fingerprint density at radius 3 is 2.17 bits per heavy atom. The van der Waals surface area contributed by atoms with Crippen LogP contribution in [0, 0.1) is 11.8 Å². The minimum Gasteiger partial charge on any atom is -0.497 e. The summed E-state index contributed by atoms with van der Waals surface area (Å²) in [5, 5.41) is 2.98. The molecule has 0 saturated heterocycles. The van der Waals surface area contributed by atoms with Crippen LogP contribution < -0.4 is 10.1 Å². The van der Waals surface area contributed by atoms with Gasteiger partial charge in [0.05, 0.1) is 7.11 Å². The lowest BCUT2D eigenvalue weighted by Gasteiger charge is -2.31. The van der Waals surface area contributed by atoms with Crippen LogP contribution in [0.1, 0.15) is 38.2 Å². The highest BCUT2D eigenvalue weighted by molar-refractivity contribution is 5.92. The van der Waals surface area contributed by atoms with Gasteiger partial charge in [0.15, 0.2) is 0 Å². The van der Waals surface area contributed by atoms with Crippen LogP contribution in [0.4, 0.5) is 5.69 Å². The van der Waals surface area contributed by atoms with E-state index >= 15 is 0 Å². The highest BCUT2D eigenvalue weighted by atomic mass is 16.5. The first-order valence-electron chi connectivity index (χ1n) is 10.4. The monoisotopic (exact) mass is 394 g/mol. The van der Waals surface area contributed by atoms with Crippen molar-refractivity contribution in [2.24, 2.45) is 11.8 Å². The molecule has 0 atom stereocenters. The number of methoxy groups -OCH3 is 1. The van der Waals surface area contributed by atoms with E-state index in [1.165, 1.54) is 0 Å². The third-order valence-electron chi connectivity index (χ3n) is 5.71. The van der Waals surface area contributed by atoms with E-state index in [0.29, 0.717) is 13.1 Å². The molecule has 0 aromatic heterocycles. The van der Waals surface area contributed by atoms with Crippen LogP contribution in [-0.2, 0) is 16.1 Å². The summed E-state index contributed by atoms with van der Waals surface area (Å²) >= 11 is 0. The van der Waals surface area contributed by atoms with Crippen molar-refractivity contribution in [2.75, 3.05) is 19.0 Å². The number of benzene rings is 2. The van der Waals surface area contributed by atoms with Gasteiger partial charge in [-0.25, -0.2) is 0 Å². The van der Waals surface area contributed by atoms with Crippen LogP contribution in [0.25, 0.3) is 0 Å². The van der Waals surface area contributed by atoms with Crippen LogP contribution in [0.15, 0.2) is 54.6 Å². The molecule has 2 aromatic carbocycles. The van der Waals surface area contributed by atoms with Gasteiger partial charge in [-0.05, 0) is 62.4 Å². The molecule has 1 N–H and O–H groups in total. The van der Waals surface area contributed by atoms with Gasteiger partial charge >= 0.3 is 0 Å². The van der Waals surface area contributed by atoms with Gasteiger partial charge in [-0.2, -0.15) is 0 Å². The molecule has 0 spiro atoms. The number of nitrogens with zero attached hydrogens (tertiary/aromatic N) is 1. The van der Waals surface area contributed by atoms with Crippen molar-refractivity contribution in [1.29, 1.82) is 0 Å². The molecule has 1 saturated carbocycles. The molecule has 2 amide bonds. The number of nitrogens with one attached hydrogen (secondary N) is 1. The Morgan fingerprint density at radius 2 is 1.59 bits per heavy atom. The number of amides is 2. The molecule has 0 unspecified atom stereocenters. The summed E-state index contributed by atoms with van der Waals surface area (Å²) in [7, 11) is 1.62. The molecule has 0 radical (unpaired) electrons. The third-order valence-corrected chi connectivity index (χ3v) is 5.71. The Labute approximate surface area is 173 Å². The van der Waals surface area contributed by atoms with Gasteiger partial charge in [-0.1, -0.05) is 30.3 Å². The fraction of sp³-hybridized carbons (Fsp3) is 0.417. The standard InChI is InChI=1S/C24H30N2O3/c1-3-26(17-18-7-5-4-6-8-18)24(28)20-11-9-19(10-12-20)23(27)25-21-13-15-22(29-2)16-14-21/h4-8,13-16,19-20H,3,9-12,17H2,1-2H3,(H,25,27). The van der Waals surface area contributed by atoms with Gasteiger partial charge in [0.25, 0.3) is 0 Å². The van der Waals surface area contributed by atoms with Crippen molar-refractivity contribution in [2.45, 2.75) is 39.2 Å². The summed E-state index contributed by atoms with van der Waals surface area (Å²) in [6, 6.07) is 17.4. The maximum absolute atomic E-state index is 13.0. The number of carbonyl (C=O) groups is 2. The Kier molecular flexibility index (Phi) is 7.28. The number of hydrogen-bond acceptors (Lipinski definition) is 3. The molecule has 0 aliphatic heterocycles. The first-order valence-corrected chi connectivity index (χ1v) is 10.4. The molecule has 5 nitrogen and oxygen atoms in total. The molecule has 3 rings (SSSR count). The first kappa shape index (κ1) is 20.9. The maximum Gasteiger partial charge on any atom is 0.227 e. The minimum atomic E-state index is -0.0367. The van der Waals surface area contributed by atoms with Gasteiger partial charge in [0, 0.05) is 30.6 Å². The van der Waals surface area contributed by atoms with Crippen molar-refractivity contribution in [3.8, 4) is 5.75 Å². The molecule has 1 fully saturated rings. The van der Waals surface area contributed by atoms with E-state index < -0.39 is 0 Å². The lowest BCUT2D eigenvalue weighted by molar-refractivity contribution is -0.138. The van der Waals surface area contributed by atoms with Crippen molar-refractivity contribution in [3.05, 3.63) is 60.2 Å². The molecule has 154 valence electrons. The highest BCUT2D eigenvalue weighted by Gasteiger charge is 2.31. The van der Waals surface area contributed by atoms with E-state index in [-0.39, 0.29) is 23.7 Å². The second-order valence-electron chi connectivity index (χ2n) is 7.60. The molecular weight excluding hydrogens is 364 g/mol. The van der Waals surface area contributed by atoms with Crippen LogP contribution in [0.3, 0.4) is 0 Å². The molecule has 0 bridgehead atoms. The number of carbonyl (C=O) groups excluding carboxylic acids is 2. The smallest absolute Gasteiger partial charge is 0.227 e. The third kappa shape index (κ3) is 5.59. The minimum absolute atomic E-state index is 0.0173. The molecular formula is C24H30N2O3. The average molecular weight is 395 g/mol. The summed E-state index contributed by atoms with van der Waals surface area (Å²) in [5.74, 6) is 0.995. The average Bonchev–Trinajstić information content (AvgIpc) is 2.78. The Hall–Kier alpha value is -2.82. The number of hydrogen-bond donors (Lipinski definition) is 1. The van der Waals surface area contributed by atoms with Crippen LogP contribution in [0.5, 0.6) is 5.75 Å². The Balaban J connectivity index is 1.50. The topological polar surface area (TPSA) is 58.6 Å². The zero-order chi connectivity index (χ0) is 20.6. The second-order valence-corrected chi connectivity index (χ2v) is 7.60. The summed E-state index contributed by atoms with van der Waals surface area (Å²) in [6.07, 6.45) is 3.04. The van der Waals surface area contributed by atoms with Crippen LogP contribution >= 0.6 is 0 Å². The van der Waals surface area contributed by atoms with Gasteiger partial charge < -0.3 is 15.0 Å². The van der Waals surface area contributed by atoms with E-state index in [1.54, 1.807) is 7.11 Å². The van der Waals surface area contributed by atoms with Crippen LogP contribution in [0.2, 0.25) is 0 Å². The molecule has 5 heteroatoms. The van der Waals surface area contributed by atoms with E-state index in [1.807, 2.05) is 54.3 Å². The van der Waals surface area contributed by atoms with Gasteiger partial charge in [0.2, 0.25) is 11.8 Å². The van der Waals surface area contributed by atoms with Crippen molar-refractivity contribution >= 4 is 17.5 Å². The first-order chi connectivity index (χ1) is 14.1. The number of ether oxygens (including phenoxy) is 1. The normalized spacial score (nSPS) is 18.7. The van der Waals surface area contributed by atoms with Gasteiger partial charge in [-0.3, -0.25) is 9.59 Å². The summed E-state index contributed by atoms with van der Waals surface area (Å²) in [5.41, 5.74) is 1.92. The fourth-order valence-corrected chi connectivity index (χ4v) is 3.93. The summed E-state index contributed by atoms with van der Waals surface area (Å²) in [6.45, 7) is 3.37.